The Bertz CT molecular complexity index is 2020. The van der Waals surface area contributed by atoms with Crippen molar-refractivity contribution in [1.82, 2.24) is 28.9 Å². The van der Waals surface area contributed by atoms with Crippen LogP contribution in [0.4, 0.5) is 0 Å². The van der Waals surface area contributed by atoms with E-state index in [1.807, 2.05) is 0 Å². The van der Waals surface area contributed by atoms with Crippen molar-refractivity contribution in [3.8, 4) is 36.1 Å². The molecule has 1 N–H and O–H groups in total. The highest BCUT2D eigenvalue weighted by atomic mass is 16.5. The standard InChI is InChI=1S/C33H26N6O6/c1-5-19-9-11-23-21(14-19)30(40)36(3)16-25-29(34-18-38(23)25)33(44)45-13-7-8-27-35-28(32(42)43)26-17-37(4)31(41)22-15-20(6-2)10-12-24(22)39(26)27/h1-2,9-12,14-15,18H,7-8,13,16-17H2,3-4H3,(H,42,43). The molecule has 0 fully saturated rings. The topological polar surface area (TPSA) is 140 Å². The molecule has 2 aliphatic rings. The molecule has 12 heteroatoms. The number of aromatic carboxylic acids is 1. The first kappa shape index (κ1) is 29.0. The fourth-order valence-electron chi connectivity index (χ4n) is 5.64. The van der Waals surface area contributed by atoms with E-state index in [0.29, 0.717) is 57.3 Å². The molecule has 12 nitrogen and oxygen atoms in total. The number of carboxylic acids is 1. The summed E-state index contributed by atoms with van der Waals surface area (Å²) in [6.45, 7) is 0.127. The van der Waals surface area contributed by atoms with E-state index in [2.05, 4.69) is 21.8 Å². The fraction of sp³-hybridized carbons (Fsp3) is 0.212. The average molecular weight is 603 g/mol. The molecule has 2 aliphatic heterocycles. The molecule has 2 aromatic heterocycles. The molecule has 2 amide bonds. The predicted molar refractivity (Wildman–Crippen MR) is 160 cm³/mol. The van der Waals surface area contributed by atoms with Gasteiger partial charge in [-0.05, 0) is 42.8 Å². The van der Waals surface area contributed by atoms with E-state index in [1.165, 1.54) is 16.1 Å². The zero-order valence-electron chi connectivity index (χ0n) is 24.4. The van der Waals surface area contributed by atoms with Crippen molar-refractivity contribution in [2.75, 3.05) is 20.7 Å². The summed E-state index contributed by atoms with van der Waals surface area (Å²) in [7, 11) is 3.21. The van der Waals surface area contributed by atoms with E-state index in [-0.39, 0.29) is 49.3 Å². The van der Waals surface area contributed by atoms with Crippen molar-refractivity contribution < 1.29 is 29.0 Å². The number of aryl methyl sites for hydroxylation is 1. The van der Waals surface area contributed by atoms with Crippen molar-refractivity contribution in [2.45, 2.75) is 25.9 Å². The van der Waals surface area contributed by atoms with Crippen LogP contribution in [0.2, 0.25) is 0 Å². The van der Waals surface area contributed by atoms with Crippen LogP contribution in [-0.4, -0.2) is 78.5 Å². The number of aromatic nitrogens is 4. The third-order valence-electron chi connectivity index (χ3n) is 7.84. The second-order valence-electron chi connectivity index (χ2n) is 10.7. The summed E-state index contributed by atoms with van der Waals surface area (Å²) in [5, 5.41) is 9.90. The summed E-state index contributed by atoms with van der Waals surface area (Å²) in [6, 6.07) is 10.0. The van der Waals surface area contributed by atoms with Gasteiger partial charge < -0.3 is 19.6 Å². The molecule has 0 aliphatic carbocycles. The summed E-state index contributed by atoms with van der Waals surface area (Å²) in [4.78, 5) is 63.1. The number of nitrogens with zero attached hydrogens (tertiary/aromatic N) is 6. The van der Waals surface area contributed by atoms with E-state index in [0.717, 1.165) is 0 Å². The van der Waals surface area contributed by atoms with Gasteiger partial charge in [-0.3, -0.25) is 18.7 Å². The molecule has 0 atom stereocenters. The third-order valence-corrected chi connectivity index (χ3v) is 7.84. The van der Waals surface area contributed by atoms with E-state index < -0.39 is 11.9 Å². The highest BCUT2D eigenvalue weighted by Crippen LogP contribution is 2.30. The molecule has 224 valence electrons. The number of carbonyl (C=O) groups excluding carboxylic acids is 3. The first-order valence-corrected chi connectivity index (χ1v) is 13.9. The van der Waals surface area contributed by atoms with Gasteiger partial charge in [-0.25, -0.2) is 19.6 Å². The average Bonchev–Trinajstić information content (AvgIpc) is 3.57. The second-order valence-corrected chi connectivity index (χ2v) is 10.7. The van der Waals surface area contributed by atoms with Crippen LogP contribution in [0.1, 0.15) is 76.5 Å². The molecule has 2 aromatic carbocycles. The van der Waals surface area contributed by atoms with Crippen LogP contribution in [-0.2, 0) is 24.2 Å². The van der Waals surface area contributed by atoms with Gasteiger partial charge in [-0.2, -0.15) is 0 Å². The first-order valence-electron chi connectivity index (χ1n) is 13.9. The summed E-state index contributed by atoms with van der Waals surface area (Å²) in [6.07, 6.45) is 13.1. The number of hydrogen-bond acceptors (Lipinski definition) is 7. The van der Waals surface area contributed by atoms with Crippen molar-refractivity contribution in [1.29, 1.82) is 0 Å². The van der Waals surface area contributed by atoms with Gasteiger partial charge in [0.15, 0.2) is 11.4 Å². The Morgan fingerprint density at radius 1 is 0.911 bits per heavy atom. The number of ether oxygens (including phenoxy) is 1. The summed E-state index contributed by atoms with van der Waals surface area (Å²) in [5.74, 6) is 3.03. The lowest BCUT2D eigenvalue weighted by Crippen LogP contribution is -2.26. The molecule has 0 unspecified atom stereocenters. The normalized spacial score (nSPS) is 13.4. The van der Waals surface area contributed by atoms with Crippen LogP contribution in [0.3, 0.4) is 0 Å². The number of hydrogen-bond donors (Lipinski definition) is 1. The molecule has 0 spiro atoms. The SMILES string of the molecule is C#Cc1ccc2c(c1)C(=O)N(C)Cc1c(C(=O)OCCCc3nc(C(=O)O)c4n3-c3ccc(C#C)cc3C(=O)N(C)C4)ncn1-2. The van der Waals surface area contributed by atoms with Crippen molar-refractivity contribution in [2.24, 2.45) is 0 Å². The van der Waals surface area contributed by atoms with Crippen LogP contribution < -0.4 is 0 Å². The maximum absolute atomic E-state index is 13.2. The second kappa shape index (κ2) is 11.2. The summed E-state index contributed by atoms with van der Waals surface area (Å²) in [5.41, 5.74) is 3.58. The lowest BCUT2D eigenvalue weighted by molar-refractivity contribution is 0.0489. The minimum absolute atomic E-state index is 0.0195. The molecule has 6 rings (SSSR count). The van der Waals surface area contributed by atoms with Gasteiger partial charge in [0, 0.05) is 31.6 Å². The van der Waals surface area contributed by atoms with Crippen molar-refractivity contribution >= 4 is 23.8 Å². The number of terminal acetylenes is 2. The molecule has 0 saturated carbocycles. The smallest absolute Gasteiger partial charge is 0.358 e. The minimum atomic E-state index is -1.22. The monoisotopic (exact) mass is 602 g/mol. The lowest BCUT2D eigenvalue weighted by atomic mass is 10.1. The third kappa shape index (κ3) is 4.88. The molecule has 0 bridgehead atoms. The van der Waals surface area contributed by atoms with Gasteiger partial charge in [0.05, 0.1) is 53.6 Å². The maximum atomic E-state index is 13.2. The van der Waals surface area contributed by atoms with Gasteiger partial charge >= 0.3 is 11.9 Å². The fourth-order valence-corrected chi connectivity index (χ4v) is 5.64. The van der Waals surface area contributed by atoms with Crippen LogP contribution in [0, 0.1) is 24.7 Å². The predicted octanol–water partition coefficient (Wildman–Crippen LogP) is 2.68. The Kier molecular flexibility index (Phi) is 7.19. The number of rotatable bonds is 6. The van der Waals surface area contributed by atoms with Crippen LogP contribution in [0.5, 0.6) is 0 Å². The Hall–Kier alpha value is -6.14. The Balaban J connectivity index is 1.24. The zero-order chi connectivity index (χ0) is 32.0. The van der Waals surface area contributed by atoms with Gasteiger partial charge in [0.1, 0.15) is 12.2 Å². The van der Waals surface area contributed by atoms with Crippen molar-refractivity contribution in [3.05, 3.63) is 93.6 Å². The van der Waals surface area contributed by atoms with Crippen LogP contribution in [0.15, 0.2) is 42.7 Å². The maximum Gasteiger partial charge on any atom is 0.358 e. The minimum Gasteiger partial charge on any atom is -0.476 e. The highest BCUT2D eigenvalue weighted by molar-refractivity contribution is 6.00. The molecule has 0 radical (unpaired) electrons. The van der Waals surface area contributed by atoms with Gasteiger partial charge in [0.25, 0.3) is 11.8 Å². The van der Waals surface area contributed by atoms with E-state index in [9.17, 15) is 24.3 Å². The van der Waals surface area contributed by atoms with Crippen LogP contribution in [0.25, 0.3) is 11.4 Å². The number of benzene rings is 2. The Labute approximate surface area is 257 Å². The largest absolute Gasteiger partial charge is 0.476 e. The molecular weight excluding hydrogens is 576 g/mol. The molecule has 4 heterocycles. The Morgan fingerprint density at radius 2 is 1.51 bits per heavy atom. The molecule has 45 heavy (non-hydrogen) atoms. The van der Waals surface area contributed by atoms with E-state index >= 15 is 0 Å². The molecular formula is C33H26N6O6. The number of amides is 2. The number of carbonyl (C=O) groups is 4. The van der Waals surface area contributed by atoms with Gasteiger partial charge in [-0.1, -0.05) is 11.8 Å². The zero-order valence-corrected chi connectivity index (χ0v) is 24.4. The number of imidazole rings is 2. The van der Waals surface area contributed by atoms with E-state index in [1.54, 1.807) is 59.6 Å². The number of fused-ring (bicyclic) bond motifs is 6. The van der Waals surface area contributed by atoms with Crippen molar-refractivity contribution in [3.63, 3.8) is 0 Å². The number of esters is 1. The summed E-state index contributed by atoms with van der Waals surface area (Å²) >= 11 is 0. The molecule has 0 saturated heterocycles. The first-order chi connectivity index (χ1) is 21.6. The van der Waals surface area contributed by atoms with E-state index in [4.69, 9.17) is 17.6 Å². The van der Waals surface area contributed by atoms with Crippen LogP contribution >= 0.6 is 0 Å². The van der Waals surface area contributed by atoms with Gasteiger partial charge in [0.2, 0.25) is 0 Å². The quantitative estimate of drug-likeness (QED) is 0.202. The van der Waals surface area contributed by atoms with Gasteiger partial charge in [-0.15, -0.1) is 12.8 Å². The highest BCUT2D eigenvalue weighted by Gasteiger charge is 2.32. The summed E-state index contributed by atoms with van der Waals surface area (Å²) < 4.78 is 8.93. The number of carboxylic acid groups (broad SMARTS) is 1. The Morgan fingerprint density at radius 3 is 2.13 bits per heavy atom. The lowest BCUT2D eigenvalue weighted by Gasteiger charge is -2.14. The molecule has 4 aromatic rings.